The Balaban J connectivity index is 1.92. The van der Waals surface area contributed by atoms with E-state index in [2.05, 4.69) is 0 Å². The Labute approximate surface area is 99.8 Å². The SMILES string of the molecule is Nc1ccc(C(=O)CCC2CCCO2)cc1F. The summed E-state index contributed by atoms with van der Waals surface area (Å²) in [5.74, 6) is -0.590. The van der Waals surface area contributed by atoms with Crippen molar-refractivity contribution >= 4 is 11.5 Å². The molecule has 1 heterocycles. The fourth-order valence-corrected chi connectivity index (χ4v) is 2.01. The van der Waals surface area contributed by atoms with Gasteiger partial charge >= 0.3 is 0 Å². The van der Waals surface area contributed by atoms with Gasteiger partial charge in [0, 0.05) is 18.6 Å². The molecule has 92 valence electrons. The molecule has 17 heavy (non-hydrogen) atoms. The zero-order valence-corrected chi connectivity index (χ0v) is 9.62. The van der Waals surface area contributed by atoms with Gasteiger partial charge in [0.15, 0.2) is 5.78 Å². The van der Waals surface area contributed by atoms with E-state index >= 15 is 0 Å². The Morgan fingerprint density at radius 2 is 2.35 bits per heavy atom. The average molecular weight is 237 g/mol. The molecule has 3 nitrogen and oxygen atoms in total. The van der Waals surface area contributed by atoms with Crippen LogP contribution in [0.1, 0.15) is 36.0 Å². The van der Waals surface area contributed by atoms with E-state index in [1.54, 1.807) is 6.07 Å². The summed E-state index contributed by atoms with van der Waals surface area (Å²) in [4.78, 5) is 11.8. The minimum atomic E-state index is -0.534. The minimum absolute atomic E-state index is 0.0561. The van der Waals surface area contributed by atoms with E-state index in [-0.39, 0.29) is 17.6 Å². The molecule has 0 aromatic heterocycles. The average Bonchev–Trinajstić information content (AvgIpc) is 2.82. The number of hydrogen-bond donors (Lipinski definition) is 1. The number of anilines is 1. The molecule has 0 bridgehead atoms. The molecule has 4 heteroatoms. The molecular weight excluding hydrogens is 221 g/mol. The van der Waals surface area contributed by atoms with Crippen LogP contribution in [0.3, 0.4) is 0 Å². The lowest BCUT2D eigenvalue weighted by atomic mass is 10.0. The Hall–Kier alpha value is -1.42. The topological polar surface area (TPSA) is 52.3 Å². The van der Waals surface area contributed by atoms with Crippen molar-refractivity contribution in [3.05, 3.63) is 29.6 Å². The standard InChI is InChI=1S/C13H16FNO2/c14-11-8-9(3-5-12(11)15)13(16)6-4-10-2-1-7-17-10/h3,5,8,10H,1-2,4,6-7,15H2. The second-order valence-corrected chi connectivity index (χ2v) is 4.33. The van der Waals surface area contributed by atoms with Crippen molar-refractivity contribution in [2.75, 3.05) is 12.3 Å². The second-order valence-electron chi connectivity index (χ2n) is 4.33. The number of nitrogen functional groups attached to an aromatic ring is 1. The summed E-state index contributed by atoms with van der Waals surface area (Å²) in [6.07, 6.45) is 3.38. The first-order valence-electron chi connectivity index (χ1n) is 5.86. The first-order chi connectivity index (χ1) is 8.16. The second kappa shape index (κ2) is 5.27. The van der Waals surface area contributed by atoms with Gasteiger partial charge in [-0.3, -0.25) is 4.79 Å². The van der Waals surface area contributed by atoms with Gasteiger partial charge in [-0.2, -0.15) is 0 Å². The van der Waals surface area contributed by atoms with Gasteiger partial charge < -0.3 is 10.5 Å². The Morgan fingerprint density at radius 1 is 1.53 bits per heavy atom. The summed E-state index contributed by atoms with van der Waals surface area (Å²) in [6, 6.07) is 4.19. The molecule has 2 rings (SSSR count). The largest absolute Gasteiger partial charge is 0.396 e. The van der Waals surface area contributed by atoms with Crippen LogP contribution in [-0.2, 0) is 4.74 Å². The number of ether oxygens (including phenoxy) is 1. The van der Waals surface area contributed by atoms with E-state index < -0.39 is 5.82 Å². The van der Waals surface area contributed by atoms with Crippen LogP contribution in [0, 0.1) is 5.82 Å². The van der Waals surface area contributed by atoms with E-state index in [0.29, 0.717) is 18.4 Å². The zero-order valence-electron chi connectivity index (χ0n) is 9.62. The summed E-state index contributed by atoms with van der Waals surface area (Å²) >= 11 is 0. The monoisotopic (exact) mass is 237 g/mol. The smallest absolute Gasteiger partial charge is 0.163 e. The van der Waals surface area contributed by atoms with Crippen LogP contribution in [0.15, 0.2) is 18.2 Å². The highest BCUT2D eigenvalue weighted by Crippen LogP contribution is 2.19. The van der Waals surface area contributed by atoms with Gasteiger partial charge in [-0.05, 0) is 37.5 Å². The fraction of sp³-hybridized carbons (Fsp3) is 0.462. The van der Waals surface area contributed by atoms with Crippen LogP contribution in [-0.4, -0.2) is 18.5 Å². The maximum absolute atomic E-state index is 13.2. The van der Waals surface area contributed by atoms with Gasteiger partial charge in [-0.15, -0.1) is 0 Å². The number of halogens is 1. The lowest BCUT2D eigenvalue weighted by Gasteiger charge is -2.08. The van der Waals surface area contributed by atoms with E-state index in [4.69, 9.17) is 10.5 Å². The van der Waals surface area contributed by atoms with Gasteiger partial charge in [0.1, 0.15) is 5.82 Å². The molecule has 1 aliphatic heterocycles. The number of carbonyl (C=O) groups excluding carboxylic acids is 1. The highest BCUT2D eigenvalue weighted by atomic mass is 19.1. The van der Waals surface area contributed by atoms with Crippen molar-refractivity contribution in [1.82, 2.24) is 0 Å². The molecule has 0 spiro atoms. The molecule has 0 radical (unpaired) electrons. The Kier molecular flexibility index (Phi) is 3.74. The molecule has 1 unspecified atom stereocenters. The number of nitrogens with two attached hydrogens (primary N) is 1. The Bertz CT molecular complexity index is 414. The predicted octanol–water partition coefficient (Wildman–Crippen LogP) is 2.55. The lowest BCUT2D eigenvalue weighted by Crippen LogP contribution is -2.09. The number of hydrogen-bond acceptors (Lipinski definition) is 3. The minimum Gasteiger partial charge on any atom is -0.396 e. The van der Waals surface area contributed by atoms with Gasteiger partial charge in [0.2, 0.25) is 0 Å². The summed E-state index contributed by atoms with van der Waals surface area (Å²) in [5.41, 5.74) is 5.81. The predicted molar refractivity (Wildman–Crippen MR) is 63.4 cm³/mol. The number of benzene rings is 1. The van der Waals surface area contributed by atoms with Crippen molar-refractivity contribution in [2.45, 2.75) is 31.8 Å². The van der Waals surface area contributed by atoms with Gasteiger partial charge in [-0.25, -0.2) is 4.39 Å². The maximum atomic E-state index is 13.2. The molecule has 0 amide bonds. The van der Waals surface area contributed by atoms with Gasteiger partial charge in [0.05, 0.1) is 11.8 Å². The van der Waals surface area contributed by atoms with Crippen molar-refractivity contribution in [3.8, 4) is 0 Å². The molecule has 0 saturated carbocycles. The van der Waals surface area contributed by atoms with Gasteiger partial charge in [0.25, 0.3) is 0 Å². The van der Waals surface area contributed by atoms with E-state index in [9.17, 15) is 9.18 Å². The molecule has 1 aromatic rings. The number of carbonyl (C=O) groups is 1. The van der Waals surface area contributed by atoms with Crippen molar-refractivity contribution in [2.24, 2.45) is 0 Å². The normalized spacial score (nSPS) is 19.5. The quantitative estimate of drug-likeness (QED) is 0.646. The lowest BCUT2D eigenvalue weighted by molar-refractivity contribution is 0.0859. The summed E-state index contributed by atoms with van der Waals surface area (Å²) in [5, 5.41) is 0. The number of rotatable bonds is 4. The molecule has 1 fully saturated rings. The van der Waals surface area contributed by atoms with Crippen LogP contribution < -0.4 is 5.73 Å². The van der Waals surface area contributed by atoms with E-state index in [0.717, 1.165) is 19.4 Å². The fourth-order valence-electron chi connectivity index (χ4n) is 2.01. The summed E-state index contributed by atoms with van der Waals surface area (Å²) < 4.78 is 18.6. The maximum Gasteiger partial charge on any atom is 0.163 e. The van der Waals surface area contributed by atoms with E-state index in [1.807, 2.05) is 0 Å². The Morgan fingerprint density at radius 3 is 3.00 bits per heavy atom. The third-order valence-electron chi connectivity index (χ3n) is 3.04. The first-order valence-corrected chi connectivity index (χ1v) is 5.86. The first kappa shape index (κ1) is 12.0. The number of Topliss-reactive ketones (excluding diaryl/α,β-unsaturated/α-hetero) is 1. The van der Waals surface area contributed by atoms with Crippen molar-refractivity contribution in [1.29, 1.82) is 0 Å². The third kappa shape index (κ3) is 3.03. The molecular formula is C13H16FNO2. The third-order valence-corrected chi connectivity index (χ3v) is 3.04. The van der Waals surface area contributed by atoms with Crippen LogP contribution in [0.25, 0.3) is 0 Å². The molecule has 1 aliphatic rings. The zero-order chi connectivity index (χ0) is 12.3. The summed E-state index contributed by atoms with van der Waals surface area (Å²) in [6.45, 7) is 0.787. The van der Waals surface area contributed by atoms with Gasteiger partial charge in [-0.1, -0.05) is 0 Å². The highest BCUT2D eigenvalue weighted by Gasteiger charge is 2.17. The highest BCUT2D eigenvalue weighted by molar-refractivity contribution is 5.96. The van der Waals surface area contributed by atoms with Crippen LogP contribution in [0.5, 0.6) is 0 Å². The molecule has 1 atom stereocenters. The van der Waals surface area contributed by atoms with E-state index in [1.165, 1.54) is 12.1 Å². The number of ketones is 1. The molecule has 2 N–H and O–H groups in total. The molecule has 1 saturated heterocycles. The molecule has 1 aromatic carbocycles. The molecule has 0 aliphatic carbocycles. The van der Waals surface area contributed by atoms with Crippen LogP contribution in [0.2, 0.25) is 0 Å². The van der Waals surface area contributed by atoms with Crippen LogP contribution >= 0.6 is 0 Å². The van der Waals surface area contributed by atoms with Crippen molar-refractivity contribution in [3.63, 3.8) is 0 Å². The summed E-state index contributed by atoms with van der Waals surface area (Å²) in [7, 11) is 0. The van der Waals surface area contributed by atoms with Crippen LogP contribution in [0.4, 0.5) is 10.1 Å². The van der Waals surface area contributed by atoms with Crippen molar-refractivity contribution < 1.29 is 13.9 Å².